The van der Waals surface area contributed by atoms with Gasteiger partial charge >= 0.3 is 0 Å². The number of rotatable bonds is 13. The molecule has 6 atom stereocenters. The van der Waals surface area contributed by atoms with Gasteiger partial charge in [0.15, 0.2) is 0 Å². The average Bonchev–Trinajstić information content (AvgIpc) is 3.23. The maximum absolute atomic E-state index is 10.9. The van der Waals surface area contributed by atoms with E-state index >= 15 is 0 Å². The normalized spacial score (nSPS) is 29.9. The molecule has 208 valence electrons. The Morgan fingerprint density at radius 2 is 1.55 bits per heavy atom. The molecule has 3 aliphatic rings. The third kappa shape index (κ3) is 6.24. The Balaban J connectivity index is 1.02. The summed E-state index contributed by atoms with van der Waals surface area (Å²) in [5.41, 5.74) is 3.01. The first-order valence-corrected chi connectivity index (χ1v) is 15.7. The number of phenols is 1. The highest BCUT2D eigenvalue weighted by atomic mass is 16.5. The van der Waals surface area contributed by atoms with Crippen LogP contribution in [0.4, 0.5) is 0 Å². The van der Waals surface area contributed by atoms with Gasteiger partial charge in [-0.25, -0.2) is 0 Å². The molecule has 2 fully saturated rings. The van der Waals surface area contributed by atoms with Crippen molar-refractivity contribution >= 4 is 0 Å². The second-order valence-electron chi connectivity index (χ2n) is 12.9. The number of aliphatic hydroxyl groups excluding tert-OH is 1. The number of phenolic OH excluding ortho intramolecular Hbond substituents is 1. The second kappa shape index (κ2) is 12.9. The van der Waals surface area contributed by atoms with Crippen LogP contribution in [0.15, 0.2) is 48.5 Å². The zero-order valence-electron chi connectivity index (χ0n) is 23.6. The van der Waals surface area contributed by atoms with Gasteiger partial charge in [-0.2, -0.15) is 0 Å². The van der Waals surface area contributed by atoms with Gasteiger partial charge in [-0.15, -0.1) is 0 Å². The molecular formula is C35H50O3. The van der Waals surface area contributed by atoms with Crippen LogP contribution in [-0.2, 0) is 6.42 Å². The molecule has 0 unspecified atom stereocenters. The number of benzene rings is 2. The number of hydrogen-bond donors (Lipinski definition) is 2. The molecular weight excluding hydrogens is 468 g/mol. The van der Waals surface area contributed by atoms with Gasteiger partial charge in [0.05, 0.1) is 12.7 Å². The van der Waals surface area contributed by atoms with E-state index in [0.717, 1.165) is 38.0 Å². The lowest BCUT2D eigenvalue weighted by Crippen LogP contribution is -2.47. The predicted molar refractivity (Wildman–Crippen MR) is 156 cm³/mol. The summed E-state index contributed by atoms with van der Waals surface area (Å²) < 4.78 is 5.80. The van der Waals surface area contributed by atoms with E-state index in [0.29, 0.717) is 29.4 Å². The first-order chi connectivity index (χ1) is 18.6. The summed E-state index contributed by atoms with van der Waals surface area (Å²) >= 11 is 0. The largest absolute Gasteiger partial charge is 0.508 e. The van der Waals surface area contributed by atoms with Crippen LogP contribution in [0.3, 0.4) is 0 Å². The lowest BCUT2D eigenvalue weighted by molar-refractivity contribution is -0.0396. The van der Waals surface area contributed by atoms with Crippen molar-refractivity contribution in [3.8, 4) is 11.5 Å². The smallest absolute Gasteiger partial charge is 0.119 e. The zero-order valence-corrected chi connectivity index (χ0v) is 23.6. The van der Waals surface area contributed by atoms with Gasteiger partial charge in [0.25, 0.3) is 0 Å². The molecule has 2 N–H and O–H groups in total. The average molecular weight is 519 g/mol. The molecule has 0 aliphatic heterocycles. The molecule has 3 nitrogen and oxygen atoms in total. The summed E-state index contributed by atoms with van der Waals surface area (Å²) in [6, 6.07) is 16.3. The zero-order chi connectivity index (χ0) is 26.4. The third-order valence-corrected chi connectivity index (χ3v) is 10.6. The van der Waals surface area contributed by atoms with Crippen LogP contribution in [0.1, 0.15) is 114 Å². The summed E-state index contributed by atoms with van der Waals surface area (Å²) in [6.45, 7) is 3.21. The summed E-state index contributed by atoms with van der Waals surface area (Å²) in [6.07, 6.45) is 18.7. The Morgan fingerprint density at radius 1 is 0.842 bits per heavy atom. The summed E-state index contributed by atoms with van der Waals surface area (Å²) in [5.74, 6) is 4.07. The van der Waals surface area contributed by atoms with Crippen molar-refractivity contribution in [1.29, 1.82) is 0 Å². The van der Waals surface area contributed by atoms with E-state index < -0.39 is 0 Å². The summed E-state index contributed by atoms with van der Waals surface area (Å²) in [5, 5.41) is 21.1. The van der Waals surface area contributed by atoms with Gasteiger partial charge in [0.1, 0.15) is 11.5 Å². The van der Waals surface area contributed by atoms with Crippen LogP contribution in [0.5, 0.6) is 11.5 Å². The molecule has 3 heteroatoms. The van der Waals surface area contributed by atoms with Gasteiger partial charge in [0.2, 0.25) is 0 Å². The van der Waals surface area contributed by atoms with Gasteiger partial charge in [-0.05, 0) is 109 Å². The number of para-hydroxylation sites is 1. The van der Waals surface area contributed by atoms with Crippen LogP contribution in [-0.4, -0.2) is 22.9 Å². The number of hydrogen-bond acceptors (Lipinski definition) is 3. The van der Waals surface area contributed by atoms with Crippen LogP contribution in [0, 0.1) is 23.2 Å². The molecule has 2 aromatic carbocycles. The van der Waals surface area contributed by atoms with E-state index in [1.165, 1.54) is 81.8 Å². The molecule has 5 rings (SSSR count). The van der Waals surface area contributed by atoms with Crippen molar-refractivity contribution in [2.24, 2.45) is 23.2 Å². The number of unbranched alkanes of at least 4 members (excludes halogenated alkanes) is 8. The SMILES string of the molecule is C[C@]12CC[C@@H]3c4ccc(O)cc4C[C@@H](CCCCCCCCCCCOc4ccccc4)[C@H]3[C@@H]1CC[C@@H]2O. The van der Waals surface area contributed by atoms with Gasteiger partial charge < -0.3 is 14.9 Å². The molecule has 0 amide bonds. The first kappa shape index (κ1) is 27.6. The molecule has 2 saturated carbocycles. The molecule has 0 radical (unpaired) electrons. The minimum Gasteiger partial charge on any atom is -0.508 e. The van der Waals surface area contributed by atoms with Crippen molar-refractivity contribution < 1.29 is 14.9 Å². The van der Waals surface area contributed by atoms with Crippen LogP contribution in [0.2, 0.25) is 0 Å². The monoisotopic (exact) mass is 518 g/mol. The lowest BCUT2D eigenvalue weighted by atomic mass is 9.52. The highest BCUT2D eigenvalue weighted by molar-refractivity contribution is 5.40. The highest BCUT2D eigenvalue weighted by Crippen LogP contribution is 2.62. The minimum atomic E-state index is -0.119. The number of aliphatic hydroxyl groups is 1. The molecule has 0 aromatic heterocycles. The van der Waals surface area contributed by atoms with E-state index in [1.54, 1.807) is 0 Å². The Morgan fingerprint density at radius 3 is 2.32 bits per heavy atom. The maximum atomic E-state index is 10.9. The van der Waals surface area contributed by atoms with Crippen molar-refractivity contribution in [3.63, 3.8) is 0 Å². The van der Waals surface area contributed by atoms with Gasteiger partial charge in [0, 0.05) is 0 Å². The summed E-state index contributed by atoms with van der Waals surface area (Å²) in [7, 11) is 0. The van der Waals surface area contributed by atoms with Crippen LogP contribution >= 0.6 is 0 Å². The molecule has 0 heterocycles. The molecule has 0 spiro atoms. The predicted octanol–water partition coefficient (Wildman–Crippen LogP) is 8.82. The molecule has 0 saturated heterocycles. The van der Waals surface area contributed by atoms with E-state index in [9.17, 15) is 10.2 Å². The van der Waals surface area contributed by atoms with E-state index in [4.69, 9.17) is 4.74 Å². The molecule has 2 aromatic rings. The minimum absolute atomic E-state index is 0.113. The number of ether oxygens (including phenoxy) is 1. The third-order valence-electron chi connectivity index (χ3n) is 10.6. The summed E-state index contributed by atoms with van der Waals surface area (Å²) in [4.78, 5) is 0. The van der Waals surface area contributed by atoms with E-state index in [-0.39, 0.29) is 11.5 Å². The fourth-order valence-corrected chi connectivity index (χ4v) is 8.48. The maximum Gasteiger partial charge on any atom is 0.119 e. The highest BCUT2D eigenvalue weighted by Gasteiger charge is 2.56. The molecule has 38 heavy (non-hydrogen) atoms. The standard InChI is InChI=1S/C35H50O3/c1-35-22-21-31-30-18-17-28(36)25-27(30)24-26(34(31)32(35)19-20-33(35)37)14-10-7-5-3-2-4-6-8-13-23-38-29-15-11-9-12-16-29/h9,11-12,15-18,25-26,31-34,36-37H,2-8,10,13-14,19-24H2,1H3/t26-,31-,32+,33+,34-,35+/m1/s1. The lowest BCUT2D eigenvalue weighted by Gasteiger charge is -2.53. The fraction of sp³-hybridized carbons (Fsp3) is 0.657. The van der Waals surface area contributed by atoms with Crippen molar-refractivity contribution in [2.75, 3.05) is 6.61 Å². The van der Waals surface area contributed by atoms with E-state index in [1.807, 2.05) is 42.5 Å². The van der Waals surface area contributed by atoms with Gasteiger partial charge in [-0.3, -0.25) is 0 Å². The van der Waals surface area contributed by atoms with Crippen molar-refractivity contribution in [1.82, 2.24) is 0 Å². The fourth-order valence-electron chi connectivity index (χ4n) is 8.48. The van der Waals surface area contributed by atoms with Crippen molar-refractivity contribution in [3.05, 3.63) is 59.7 Å². The quantitative estimate of drug-likeness (QED) is 0.260. The Labute approximate surface area is 231 Å². The van der Waals surface area contributed by atoms with Crippen LogP contribution < -0.4 is 4.74 Å². The van der Waals surface area contributed by atoms with Crippen molar-refractivity contribution in [2.45, 2.75) is 115 Å². The van der Waals surface area contributed by atoms with Gasteiger partial charge in [-0.1, -0.05) is 82.6 Å². The topological polar surface area (TPSA) is 49.7 Å². The Kier molecular flexibility index (Phi) is 9.36. The Hall–Kier alpha value is -2.00. The number of aromatic hydroxyl groups is 1. The number of fused-ring (bicyclic) bond motifs is 5. The van der Waals surface area contributed by atoms with E-state index in [2.05, 4.69) is 13.0 Å². The second-order valence-corrected chi connectivity index (χ2v) is 12.9. The Bertz CT molecular complexity index is 1000. The molecule has 0 bridgehead atoms. The van der Waals surface area contributed by atoms with Crippen LogP contribution in [0.25, 0.3) is 0 Å². The first-order valence-electron chi connectivity index (χ1n) is 15.7. The molecule has 3 aliphatic carbocycles.